The third-order valence-corrected chi connectivity index (χ3v) is 4.90. The maximum absolute atomic E-state index is 12.0. The highest BCUT2D eigenvalue weighted by molar-refractivity contribution is 7.15. The molecule has 2 aromatic heterocycles. The fraction of sp³-hybridized carbons (Fsp3) is 0.176. The van der Waals surface area contributed by atoms with E-state index in [4.69, 9.17) is 16.3 Å². The summed E-state index contributed by atoms with van der Waals surface area (Å²) in [6.07, 6.45) is 5.80. The van der Waals surface area contributed by atoms with Gasteiger partial charge in [0.15, 0.2) is 10.1 Å². The molecule has 122 valence electrons. The Morgan fingerprint density at radius 2 is 2.38 bits per heavy atom. The van der Waals surface area contributed by atoms with E-state index in [2.05, 4.69) is 10.3 Å². The number of amides is 1. The Bertz CT molecular complexity index is 906. The van der Waals surface area contributed by atoms with Gasteiger partial charge in [-0.25, -0.2) is 4.98 Å². The summed E-state index contributed by atoms with van der Waals surface area (Å²) in [4.78, 5) is 17.1. The minimum Gasteiger partial charge on any atom is -0.488 e. The van der Waals surface area contributed by atoms with Crippen LogP contribution in [0.2, 0.25) is 5.15 Å². The quantitative estimate of drug-likeness (QED) is 0.728. The van der Waals surface area contributed by atoms with Crippen LogP contribution in [0.5, 0.6) is 5.75 Å². The molecule has 3 aromatic rings. The van der Waals surface area contributed by atoms with E-state index in [0.717, 1.165) is 17.1 Å². The molecule has 0 radical (unpaired) electrons. The predicted octanol–water partition coefficient (Wildman–Crippen LogP) is 3.18. The maximum Gasteiger partial charge on any atom is 0.244 e. The minimum atomic E-state index is -0.184. The van der Waals surface area contributed by atoms with E-state index in [9.17, 15) is 4.79 Å². The molecule has 24 heavy (non-hydrogen) atoms. The smallest absolute Gasteiger partial charge is 0.244 e. The number of halogens is 1. The van der Waals surface area contributed by atoms with E-state index < -0.39 is 0 Å². The number of nitrogens with zero attached hydrogens (tertiary/aromatic N) is 2. The molecule has 0 fully saturated rings. The summed E-state index contributed by atoms with van der Waals surface area (Å²) in [6.45, 7) is 0.464. The molecule has 0 unspecified atom stereocenters. The van der Waals surface area contributed by atoms with Crippen molar-refractivity contribution in [2.45, 2.75) is 12.5 Å². The van der Waals surface area contributed by atoms with Crippen LogP contribution in [-0.2, 0) is 11.2 Å². The fourth-order valence-corrected chi connectivity index (χ4v) is 3.73. The summed E-state index contributed by atoms with van der Waals surface area (Å²) in [5, 5.41) is 5.17. The summed E-state index contributed by atoms with van der Waals surface area (Å²) >= 11 is 7.59. The van der Waals surface area contributed by atoms with Gasteiger partial charge in [-0.05, 0) is 17.7 Å². The zero-order valence-electron chi connectivity index (χ0n) is 12.6. The number of aromatic nitrogens is 2. The second-order valence-electron chi connectivity index (χ2n) is 5.47. The number of hydrogen-bond donors (Lipinski definition) is 1. The molecule has 0 saturated carbocycles. The summed E-state index contributed by atoms with van der Waals surface area (Å²) in [6, 6.07) is 7.94. The van der Waals surface area contributed by atoms with E-state index >= 15 is 0 Å². The summed E-state index contributed by atoms with van der Waals surface area (Å²) < 4.78 is 7.66. The SMILES string of the molecule is O=C(/C=C/c1c(Cl)nc2sccn12)NC[C@@H]1Cc2ccccc2O1. The number of benzene rings is 1. The lowest BCUT2D eigenvalue weighted by atomic mass is 10.1. The number of hydrogen-bond acceptors (Lipinski definition) is 4. The maximum atomic E-state index is 12.0. The summed E-state index contributed by atoms with van der Waals surface area (Å²) in [5.74, 6) is 0.717. The molecular formula is C17H14ClN3O2S. The average Bonchev–Trinajstić information content (AvgIpc) is 3.25. The van der Waals surface area contributed by atoms with Gasteiger partial charge in [0.2, 0.25) is 5.91 Å². The molecule has 1 N–H and O–H groups in total. The zero-order chi connectivity index (χ0) is 16.5. The number of thiazole rings is 1. The Morgan fingerprint density at radius 3 is 3.25 bits per heavy atom. The Kier molecular flexibility index (Phi) is 4.00. The molecule has 3 heterocycles. The normalized spacial score (nSPS) is 16.5. The molecule has 0 saturated heterocycles. The fourth-order valence-electron chi connectivity index (χ4n) is 2.72. The topological polar surface area (TPSA) is 55.6 Å². The number of fused-ring (bicyclic) bond motifs is 2. The molecule has 1 atom stereocenters. The van der Waals surface area contributed by atoms with Crippen LogP contribution in [0.3, 0.4) is 0 Å². The van der Waals surface area contributed by atoms with Gasteiger partial charge < -0.3 is 10.1 Å². The van der Waals surface area contributed by atoms with Crippen molar-refractivity contribution in [3.05, 3.63) is 58.3 Å². The molecule has 1 amide bonds. The number of nitrogens with one attached hydrogen (secondary N) is 1. The largest absolute Gasteiger partial charge is 0.488 e. The van der Waals surface area contributed by atoms with Crippen molar-refractivity contribution < 1.29 is 9.53 Å². The Labute approximate surface area is 147 Å². The van der Waals surface area contributed by atoms with Crippen molar-refractivity contribution in [3.63, 3.8) is 0 Å². The van der Waals surface area contributed by atoms with Crippen LogP contribution in [-0.4, -0.2) is 27.9 Å². The van der Waals surface area contributed by atoms with Gasteiger partial charge in [-0.1, -0.05) is 29.8 Å². The van der Waals surface area contributed by atoms with Crippen molar-refractivity contribution in [2.75, 3.05) is 6.54 Å². The van der Waals surface area contributed by atoms with Crippen molar-refractivity contribution in [3.8, 4) is 5.75 Å². The number of carbonyl (C=O) groups excluding carboxylic acids is 1. The number of imidazole rings is 1. The molecule has 0 spiro atoms. The number of rotatable bonds is 4. The second kappa shape index (κ2) is 6.30. The lowest BCUT2D eigenvalue weighted by molar-refractivity contribution is -0.116. The Hall–Kier alpha value is -2.31. The van der Waals surface area contributed by atoms with Crippen molar-refractivity contribution in [1.29, 1.82) is 0 Å². The average molecular weight is 360 g/mol. The van der Waals surface area contributed by atoms with Gasteiger partial charge in [-0.3, -0.25) is 9.20 Å². The molecule has 0 aliphatic carbocycles. The van der Waals surface area contributed by atoms with Gasteiger partial charge in [0.25, 0.3) is 0 Å². The van der Waals surface area contributed by atoms with Gasteiger partial charge >= 0.3 is 0 Å². The predicted molar refractivity (Wildman–Crippen MR) is 94.7 cm³/mol. The van der Waals surface area contributed by atoms with Gasteiger partial charge in [-0.2, -0.15) is 0 Å². The van der Waals surface area contributed by atoms with Gasteiger partial charge in [-0.15, -0.1) is 11.3 Å². The lowest BCUT2D eigenvalue weighted by Gasteiger charge is -2.10. The first kappa shape index (κ1) is 15.2. The van der Waals surface area contributed by atoms with Crippen LogP contribution in [0.1, 0.15) is 11.3 Å². The number of ether oxygens (including phenoxy) is 1. The summed E-state index contributed by atoms with van der Waals surface area (Å²) in [5.41, 5.74) is 1.88. The van der Waals surface area contributed by atoms with Crippen LogP contribution in [0.25, 0.3) is 11.0 Å². The van der Waals surface area contributed by atoms with E-state index in [1.54, 1.807) is 6.08 Å². The van der Waals surface area contributed by atoms with Crippen LogP contribution >= 0.6 is 22.9 Å². The second-order valence-corrected chi connectivity index (χ2v) is 6.70. The Morgan fingerprint density at radius 1 is 1.50 bits per heavy atom. The summed E-state index contributed by atoms with van der Waals surface area (Å²) in [7, 11) is 0. The molecule has 1 aliphatic heterocycles. The molecule has 5 nitrogen and oxygen atoms in total. The highest BCUT2D eigenvalue weighted by Crippen LogP contribution is 2.27. The molecule has 0 bridgehead atoms. The van der Waals surface area contributed by atoms with Crippen molar-refractivity contribution in [2.24, 2.45) is 0 Å². The first-order valence-corrected chi connectivity index (χ1v) is 8.78. The molecule has 1 aliphatic rings. The number of carbonyl (C=O) groups is 1. The van der Waals surface area contributed by atoms with Gasteiger partial charge in [0, 0.05) is 24.1 Å². The lowest BCUT2D eigenvalue weighted by Crippen LogP contribution is -2.33. The highest BCUT2D eigenvalue weighted by atomic mass is 35.5. The highest BCUT2D eigenvalue weighted by Gasteiger charge is 2.22. The van der Waals surface area contributed by atoms with Crippen LogP contribution < -0.4 is 10.1 Å². The molecule has 1 aromatic carbocycles. The van der Waals surface area contributed by atoms with Crippen LogP contribution in [0, 0.1) is 0 Å². The minimum absolute atomic E-state index is 0.0260. The zero-order valence-corrected chi connectivity index (χ0v) is 14.2. The van der Waals surface area contributed by atoms with Crippen LogP contribution in [0.15, 0.2) is 41.9 Å². The van der Waals surface area contributed by atoms with Crippen LogP contribution in [0.4, 0.5) is 0 Å². The molecule has 7 heteroatoms. The molecule has 4 rings (SSSR count). The van der Waals surface area contributed by atoms with E-state index in [1.165, 1.54) is 23.0 Å². The Balaban J connectivity index is 1.36. The first-order valence-electron chi connectivity index (χ1n) is 7.52. The van der Waals surface area contributed by atoms with E-state index in [0.29, 0.717) is 17.4 Å². The molecular weight excluding hydrogens is 346 g/mol. The van der Waals surface area contributed by atoms with E-state index in [-0.39, 0.29) is 12.0 Å². The number of para-hydroxylation sites is 1. The van der Waals surface area contributed by atoms with E-state index in [1.807, 2.05) is 40.2 Å². The third kappa shape index (κ3) is 2.90. The standard InChI is InChI=1S/C17H14ClN3O2S/c18-16-13(21-7-8-24-17(21)20-16)5-6-15(22)19-10-12-9-11-3-1-2-4-14(11)23-12/h1-8,12H,9-10H2,(H,19,22)/b6-5+/t12-/m0/s1. The van der Waals surface area contributed by atoms with Crippen molar-refractivity contribution >= 4 is 39.9 Å². The van der Waals surface area contributed by atoms with Gasteiger partial charge in [0.05, 0.1) is 12.2 Å². The van der Waals surface area contributed by atoms with Gasteiger partial charge in [0.1, 0.15) is 11.9 Å². The van der Waals surface area contributed by atoms with Crippen molar-refractivity contribution in [1.82, 2.24) is 14.7 Å². The first-order chi connectivity index (χ1) is 11.7. The third-order valence-electron chi connectivity index (χ3n) is 3.86. The monoisotopic (exact) mass is 359 g/mol.